The predicted octanol–water partition coefficient (Wildman–Crippen LogP) is 4.53. The number of fused-ring (bicyclic) bond motifs is 1. The van der Waals surface area contributed by atoms with Crippen LogP contribution in [0.4, 0.5) is 5.69 Å². The largest absolute Gasteiger partial charge is 0.326 e. The summed E-state index contributed by atoms with van der Waals surface area (Å²) in [5, 5.41) is 4.18. The van der Waals surface area contributed by atoms with Crippen LogP contribution < -0.4 is 5.32 Å². The van der Waals surface area contributed by atoms with Crippen LogP contribution in [-0.4, -0.2) is 24.4 Å². The smallest absolute Gasteiger partial charge is 0.221 e. The number of carbonyl (C=O) groups is 1. The minimum atomic E-state index is -0.0703. The molecule has 2 aromatic carbocycles. The molecule has 1 N–H and O–H groups in total. The van der Waals surface area contributed by atoms with Crippen molar-refractivity contribution in [1.82, 2.24) is 4.90 Å². The number of amides is 1. The zero-order valence-corrected chi connectivity index (χ0v) is 14.6. The highest BCUT2D eigenvalue weighted by Gasteiger charge is 2.26. The van der Waals surface area contributed by atoms with E-state index in [-0.39, 0.29) is 11.8 Å². The maximum Gasteiger partial charge on any atom is 0.221 e. The van der Waals surface area contributed by atoms with E-state index in [2.05, 4.69) is 17.3 Å². The van der Waals surface area contributed by atoms with Gasteiger partial charge in [-0.15, -0.1) is 0 Å². The van der Waals surface area contributed by atoms with Crippen molar-refractivity contribution in [3.8, 4) is 0 Å². The zero-order chi connectivity index (χ0) is 16.6. The molecule has 23 heavy (non-hydrogen) atoms. The highest BCUT2D eigenvalue weighted by atomic mass is 35.5. The molecule has 1 unspecified atom stereocenters. The van der Waals surface area contributed by atoms with E-state index in [9.17, 15) is 4.79 Å². The molecule has 0 saturated heterocycles. The predicted molar refractivity (Wildman–Crippen MR) is 95.4 cm³/mol. The van der Waals surface area contributed by atoms with Gasteiger partial charge in [0, 0.05) is 41.7 Å². The molecule has 3 nitrogen and oxygen atoms in total. The van der Waals surface area contributed by atoms with Crippen LogP contribution in [0, 0.1) is 0 Å². The Kier molecular flexibility index (Phi) is 4.62. The third kappa shape index (κ3) is 3.52. The standard InChI is InChI=1S/C18H18Cl2N2O/c1-11(23)21-14-5-3-12(4-6-14)16-9-22(2)10-17-15(16)7-13(19)8-18(17)20/h3-8,16H,9-10H2,1-2H3,(H,21,23). The fourth-order valence-electron chi connectivity index (χ4n) is 3.13. The van der Waals surface area contributed by atoms with Gasteiger partial charge in [-0.2, -0.15) is 0 Å². The van der Waals surface area contributed by atoms with Crippen LogP contribution in [0.3, 0.4) is 0 Å². The molecule has 0 aliphatic carbocycles. The Hall–Kier alpha value is -1.55. The van der Waals surface area contributed by atoms with Crippen molar-refractivity contribution in [3.63, 3.8) is 0 Å². The van der Waals surface area contributed by atoms with Crippen molar-refractivity contribution in [2.45, 2.75) is 19.4 Å². The fourth-order valence-corrected chi connectivity index (χ4v) is 3.70. The first-order chi connectivity index (χ1) is 10.9. The molecule has 0 spiro atoms. The molecule has 3 rings (SSSR count). The number of benzene rings is 2. The molecule has 5 heteroatoms. The van der Waals surface area contributed by atoms with Crippen LogP contribution in [0.5, 0.6) is 0 Å². The first-order valence-corrected chi connectivity index (χ1v) is 8.23. The minimum Gasteiger partial charge on any atom is -0.326 e. The maximum atomic E-state index is 11.1. The van der Waals surface area contributed by atoms with Gasteiger partial charge in [0.2, 0.25) is 5.91 Å². The van der Waals surface area contributed by atoms with Gasteiger partial charge in [0.25, 0.3) is 0 Å². The topological polar surface area (TPSA) is 32.3 Å². The number of hydrogen-bond donors (Lipinski definition) is 1. The lowest BCUT2D eigenvalue weighted by atomic mass is 9.84. The lowest BCUT2D eigenvalue weighted by Crippen LogP contribution is -2.31. The molecule has 0 radical (unpaired) electrons. The first kappa shape index (κ1) is 16.3. The number of rotatable bonds is 2. The van der Waals surface area contributed by atoms with E-state index in [0.717, 1.165) is 29.4 Å². The SMILES string of the molecule is CC(=O)Nc1ccc(C2CN(C)Cc3c(Cl)cc(Cl)cc32)cc1. The minimum absolute atomic E-state index is 0.0703. The molecule has 1 atom stereocenters. The zero-order valence-electron chi connectivity index (χ0n) is 13.1. The van der Waals surface area contributed by atoms with Gasteiger partial charge < -0.3 is 10.2 Å². The number of anilines is 1. The van der Waals surface area contributed by atoms with E-state index in [0.29, 0.717) is 5.02 Å². The maximum absolute atomic E-state index is 11.1. The lowest BCUT2D eigenvalue weighted by Gasteiger charge is -2.33. The number of nitrogens with zero attached hydrogens (tertiary/aromatic N) is 1. The summed E-state index contributed by atoms with van der Waals surface area (Å²) in [5.74, 6) is 0.144. The van der Waals surface area contributed by atoms with Crippen molar-refractivity contribution >= 4 is 34.8 Å². The van der Waals surface area contributed by atoms with Crippen LogP contribution >= 0.6 is 23.2 Å². The highest BCUT2D eigenvalue weighted by Crippen LogP contribution is 2.38. The van der Waals surface area contributed by atoms with Crippen LogP contribution in [-0.2, 0) is 11.3 Å². The molecule has 1 heterocycles. The summed E-state index contributed by atoms with van der Waals surface area (Å²) in [6.07, 6.45) is 0. The van der Waals surface area contributed by atoms with E-state index < -0.39 is 0 Å². The second-order valence-corrected chi connectivity index (χ2v) is 6.85. The van der Waals surface area contributed by atoms with E-state index in [4.69, 9.17) is 23.2 Å². The average Bonchev–Trinajstić information content (AvgIpc) is 2.48. The molecule has 1 aliphatic heterocycles. The second-order valence-electron chi connectivity index (χ2n) is 6.01. The monoisotopic (exact) mass is 348 g/mol. The summed E-state index contributed by atoms with van der Waals surface area (Å²) in [7, 11) is 2.09. The van der Waals surface area contributed by atoms with Crippen LogP contribution in [0.1, 0.15) is 29.5 Å². The summed E-state index contributed by atoms with van der Waals surface area (Å²) >= 11 is 12.6. The van der Waals surface area contributed by atoms with Gasteiger partial charge in [-0.25, -0.2) is 0 Å². The Morgan fingerprint density at radius 3 is 2.57 bits per heavy atom. The third-order valence-electron chi connectivity index (χ3n) is 4.13. The quantitative estimate of drug-likeness (QED) is 0.864. The van der Waals surface area contributed by atoms with Crippen LogP contribution in [0.15, 0.2) is 36.4 Å². The number of halogens is 2. The fraction of sp³-hybridized carbons (Fsp3) is 0.278. The number of nitrogens with one attached hydrogen (secondary N) is 1. The summed E-state index contributed by atoms with van der Waals surface area (Å²) in [5.41, 5.74) is 4.31. The molecule has 0 bridgehead atoms. The van der Waals surface area contributed by atoms with E-state index in [1.807, 2.05) is 30.3 Å². The van der Waals surface area contributed by atoms with Crippen LogP contribution in [0.2, 0.25) is 10.0 Å². The Morgan fingerprint density at radius 1 is 1.22 bits per heavy atom. The Labute approximate surface area is 146 Å². The molecule has 120 valence electrons. The van der Waals surface area contributed by atoms with Crippen molar-refractivity contribution in [3.05, 3.63) is 63.1 Å². The summed E-state index contributed by atoms with van der Waals surface area (Å²) < 4.78 is 0. The molecule has 1 amide bonds. The summed E-state index contributed by atoms with van der Waals surface area (Å²) in [6, 6.07) is 11.8. The summed E-state index contributed by atoms with van der Waals surface area (Å²) in [4.78, 5) is 13.4. The van der Waals surface area contributed by atoms with Gasteiger partial charge in [-0.1, -0.05) is 35.3 Å². The summed E-state index contributed by atoms with van der Waals surface area (Å²) in [6.45, 7) is 3.24. The van der Waals surface area contributed by atoms with Gasteiger partial charge in [0.1, 0.15) is 0 Å². The molecule has 0 saturated carbocycles. The van der Waals surface area contributed by atoms with Crippen molar-refractivity contribution in [1.29, 1.82) is 0 Å². The first-order valence-electron chi connectivity index (χ1n) is 7.48. The van der Waals surface area contributed by atoms with E-state index in [1.54, 1.807) is 6.07 Å². The van der Waals surface area contributed by atoms with Gasteiger partial charge in [-0.05, 0) is 48.0 Å². The Bertz CT molecular complexity index is 743. The van der Waals surface area contributed by atoms with Gasteiger partial charge in [0.15, 0.2) is 0 Å². The van der Waals surface area contributed by atoms with E-state index in [1.165, 1.54) is 18.1 Å². The van der Waals surface area contributed by atoms with E-state index >= 15 is 0 Å². The van der Waals surface area contributed by atoms with Crippen molar-refractivity contribution in [2.75, 3.05) is 18.9 Å². The Morgan fingerprint density at radius 2 is 1.91 bits per heavy atom. The number of hydrogen-bond acceptors (Lipinski definition) is 2. The van der Waals surface area contributed by atoms with Gasteiger partial charge in [-0.3, -0.25) is 4.79 Å². The van der Waals surface area contributed by atoms with Crippen molar-refractivity contribution < 1.29 is 4.79 Å². The number of carbonyl (C=O) groups excluding carboxylic acids is 1. The van der Waals surface area contributed by atoms with Gasteiger partial charge >= 0.3 is 0 Å². The Balaban J connectivity index is 1.99. The molecular weight excluding hydrogens is 331 g/mol. The second kappa shape index (κ2) is 6.52. The third-order valence-corrected chi connectivity index (χ3v) is 4.68. The molecule has 2 aromatic rings. The normalized spacial score (nSPS) is 17.7. The molecular formula is C18H18Cl2N2O. The van der Waals surface area contributed by atoms with Crippen molar-refractivity contribution in [2.24, 2.45) is 0 Å². The molecule has 1 aliphatic rings. The van der Waals surface area contributed by atoms with Gasteiger partial charge in [0.05, 0.1) is 0 Å². The number of likely N-dealkylation sites (N-methyl/N-ethyl adjacent to an activating group) is 1. The highest BCUT2D eigenvalue weighted by molar-refractivity contribution is 6.35. The average molecular weight is 349 g/mol. The molecule has 0 aromatic heterocycles. The lowest BCUT2D eigenvalue weighted by molar-refractivity contribution is -0.114. The van der Waals surface area contributed by atoms with Crippen LogP contribution in [0.25, 0.3) is 0 Å². The molecule has 0 fully saturated rings.